The number of aromatic amines is 1. The van der Waals surface area contributed by atoms with E-state index in [4.69, 9.17) is 9.47 Å². The Morgan fingerprint density at radius 3 is 2.72 bits per heavy atom. The van der Waals surface area contributed by atoms with Crippen LogP contribution in [0.4, 0.5) is 0 Å². The summed E-state index contributed by atoms with van der Waals surface area (Å²) >= 11 is 0. The second-order valence-electron chi connectivity index (χ2n) is 7.59. The number of amides is 1. The average Bonchev–Trinajstić information content (AvgIpc) is 3.27. The van der Waals surface area contributed by atoms with Crippen molar-refractivity contribution in [2.75, 3.05) is 33.3 Å². The number of fused-ring (bicyclic) bond motifs is 1. The van der Waals surface area contributed by atoms with E-state index in [0.29, 0.717) is 24.1 Å². The van der Waals surface area contributed by atoms with Crippen LogP contribution in [-0.2, 0) is 26.2 Å². The maximum Gasteiger partial charge on any atom is 0.251 e. The minimum absolute atomic E-state index is 0.152. The number of rotatable bonds is 7. The van der Waals surface area contributed by atoms with Crippen LogP contribution < -0.4 is 4.74 Å². The normalized spacial score (nSPS) is 16.2. The maximum atomic E-state index is 13.1. The van der Waals surface area contributed by atoms with Gasteiger partial charge < -0.3 is 19.4 Å². The largest absolute Gasteiger partial charge is 0.497 e. The summed E-state index contributed by atoms with van der Waals surface area (Å²) in [6, 6.07) is 10.9. The molecule has 170 valence electrons. The summed E-state index contributed by atoms with van der Waals surface area (Å²) in [6.07, 6.45) is 2.44. The van der Waals surface area contributed by atoms with Crippen LogP contribution in [0, 0.1) is 0 Å². The van der Waals surface area contributed by atoms with E-state index < -0.39 is 16.1 Å². The monoisotopic (exact) mass is 458 g/mol. The SMILES string of the molecule is COc1cccc(COC(C)C(=O)N2CCN(S(=O)(=O)c3c[nH]c4ncccc34)CC2)c1. The minimum atomic E-state index is -3.69. The Morgan fingerprint density at radius 1 is 1.19 bits per heavy atom. The van der Waals surface area contributed by atoms with Crippen molar-refractivity contribution in [3.8, 4) is 5.75 Å². The number of hydrogen-bond donors (Lipinski definition) is 1. The standard InChI is InChI=1S/C22H26N4O5S/c1-16(31-15-17-5-3-6-18(13-17)30-2)22(27)25-9-11-26(12-10-25)32(28,29)20-14-24-21-19(20)7-4-8-23-21/h3-8,13-14,16H,9-12,15H2,1-2H3,(H,23,24). The predicted octanol–water partition coefficient (Wildman–Crippen LogP) is 2.01. The fourth-order valence-corrected chi connectivity index (χ4v) is 5.32. The Hall–Kier alpha value is -2.95. The molecule has 4 rings (SSSR count). The molecule has 1 aromatic carbocycles. The van der Waals surface area contributed by atoms with Crippen molar-refractivity contribution in [2.24, 2.45) is 0 Å². The summed E-state index contributed by atoms with van der Waals surface area (Å²) < 4.78 is 38.6. The lowest BCUT2D eigenvalue weighted by molar-refractivity contribution is -0.144. The Morgan fingerprint density at radius 2 is 1.97 bits per heavy atom. The first-order valence-corrected chi connectivity index (χ1v) is 11.8. The van der Waals surface area contributed by atoms with E-state index in [0.717, 1.165) is 11.3 Å². The molecule has 1 fully saturated rings. The third-order valence-electron chi connectivity index (χ3n) is 5.56. The molecule has 3 heterocycles. The fourth-order valence-electron chi connectivity index (χ4n) is 3.74. The van der Waals surface area contributed by atoms with E-state index in [1.165, 1.54) is 10.5 Å². The number of pyridine rings is 1. The van der Waals surface area contributed by atoms with Gasteiger partial charge in [0.15, 0.2) is 0 Å². The van der Waals surface area contributed by atoms with Crippen molar-refractivity contribution in [1.82, 2.24) is 19.2 Å². The van der Waals surface area contributed by atoms with Crippen molar-refractivity contribution in [3.63, 3.8) is 0 Å². The summed E-state index contributed by atoms with van der Waals surface area (Å²) in [5, 5.41) is 0.561. The van der Waals surface area contributed by atoms with Crippen LogP contribution >= 0.6 is 0 Å². The number of piperazine rings is 1. The third kappa shape index (κ3) is 4.47. The van der Waals surface area contributed by atoms with E-state index in [1.807, 2.05) is 24.3 Å². The number of sulfonamides is 1. The van der Waals surface area contributed by atoms with Gasteiger partial charge in [0.25, 0.3) is 5.91 Å². The molecule has 0 bridgehead atoms. The molecule has 1 unspecified atom stereocenters. The van der Waals surface area contributed by atoms with Crippen LogP contribution in [-0.4, -0.2) is 72.9 Å². The van der Waals surface area contributed by atoms with E-state index in [2.05, 4.69) is 9.97 Å². The Balaban J connectivity index is 1.35. The van der Waals surface area contributed by atoms with Gasteiger partial charge in [0.2, 0.25) is 10.0 Å². The fraction of sp³-hybridized carbons (Fsp3) is 0.364. The molecule has 1 amide bonds. The first-order valence-electron chi connectivity index (χ1n) is 10.4. The summed E-state index contributed by atoms with van der Waals surface area (Å²) in [4.78, 5) is 21.7. The van der Waals surface area contributed by atoms with Gasteiger partial charge >= 0.3 is 0 Å². The summed E-state index contributed by atoms with van der Waals surface area (Å²) in [5.41, 5.74) is 1.44. The molecule has 1 N–H and O–H groups in total. The first kappa shape index (κ1) is 22.3. The average molecular weight is 459 g/mol. The van der Waals surface area contributed by atoms with Crippen molar-refractivity contribution < 1.29 is 22.7 Å². The lowest BCUT2D eigenvalue weighted by Gasteiger charge is -2.35. The van der Waals surface area contributed by atoms with Gasteiger partial charge in [-0.1, -0.05) is 12.1 Å². The van der Waals surface area contributed by atoms with Crippen molar-refractivity contribution in [2.45, 2.75) is 24.5 Å². The van der Waals surface area contributed by atoms with Gasteiger partial charge in [-0.15, -0.1) is 0 Å². The Bertz CT molecular complexity index is 1200. The zero-order valence-corrected chi connectivity index (χ0v) is 18.8. The number of hydrogen-bond acceptors (Lipinski definition) is 6. The smallest absolute Gasteiger partial charge is 0.251 e. The van der Waals surface area contributed by atoms with Gasteiger partial charge in [0.1, 0.15) is 22.4 Å². The zero-order valence-electron chi connectivity index (χ0n) is 18.0. The highest BCUT2D eigenvalue weighted by atomic mass is 32.2. The van der Waals surface area contributed by atoms with Crippen LogP contribution in [0.5, 0.6) is 5.75 Å². The lowest BCUT2D eigenvalue weighted by Crippen LogP contribution is -2.52. The van der Waals surface area contributed by atoms with Crippen LogP contribution in [0.3, 0.4) is 0 Å². The molecular formula is C22H26N4O5S. The number of H-pyrrole nitrogens is 1. The molecule has 10 heteroatoms. The maximum absolute atomic E-state index is 13.1. The second kappa shape index (κ2) is 9.27. The number of methoxy groups -OCH3 is 1. The van der Waals surface area contributed by atoms with Gasteiger partial charge in [-0.25, -0.2) is 13.4 Å². The molecular weight excluding hydrogens is 432 g/mol. The van der Waals surface area contributed by atoms with Crippen LogP contribution in [0.25, 0.3) is 11.0 Å². The molecule has 2 aromatic heterocycles. The summed E-state index contributed by atoms with van der Waals surface area (Å²) in [5.74, 6) is 0.578. The number of aromatic nitrogens is 2. The lowest BCUT2D eigenvalue weighted by atomic mass is 10.2. The molecule has 1 aliphatic heterocycles. The number of nitrogens with one attached hydrogen (secondary N) is 1. The molecule has 0 saturated carbocycles. The number of ether oxygens (including phenoxy) is 2. The highest BCUT2D eigenvalue weighted by Crippen LogP contribution is 2.25. The highest BCUT2D eigenvalue weighted by Gasteiger charge is 2.33. The molecule has 3 aromatic rings. The quantitative estimate of drug-likeness (QED) is 0.581. The Labute approximate surface area is 187 Å². The van der Waals surface area contributed by atoms with Crippen molar-refractivity contribution >= 4 is 27.0 Å². The van der Waals surface area contributed by atoms with Gasteiger partial charge in [0.05, 0.1) is 13.7 Å². The third-order valence-corrected chi connectivity index (χ3v) is 7.50. The first-order chi connectivity index (χ1) is 15.4. The Kier molecular flexibility index (Phi) is 6.45. The molecule has 1 aliphatic rings. The topological polar surface area (TPSA) is 105 Å². The van der Waals surface area contributed by atoms with E-state index in [-0.39, 0.29) is 30.5 Å². The van der Waals surface area contributed by atoms with Crippen LogP contribution in [0.15, 0.2) is 53.7 Å². The molecule has 0 aliphatic carbocycles. The number of carbonyl (C=O) groups excluding carboxylic acids is 1. The van der Waals surface area contributed by atoms with Crippen LogP contribution in [0.2, 0.25) is 0 Å². The van der Waals surface area contributed by atoms with Crippen molar-refractivity contribution in [3.05, 3.63) is 54.4 Å². The van der Waals surface area contributed by atoms with Crippen LogP contribution in [0.1, 0.15) is 12.5 Å². The highest BCUT2D eigenvalue weighted by molar-refractivity contribution is 7.89. The van der Waals surface area contributed by atoms with Gasteiger partial charge in [-0.3, -0.25) is 4.79 Å². The molecule has 0 radical (unpaired) electrons. The van der Waals surface area contributed by atoms with Gasteiger partial charge in [-0.2, -0.15) is 4.31 Å². The van der Waals surface area contributed by atoms with E-state index in [1.54, 1.807) is 37.3 Å². The van der Waals surface area contributed by atoms with E-state index >= 15 is 0 Å². The summed E-state index contributed by atoms with van der Waals surface area (Å²) in [6.45, 7) is 3.07. The van der Waals surface area contributed by atoms with Gasteiger partial charge in [0, 0.05) is 44.0 Å². The molecule has 32 heavy (non-hydrogen) atoms. The predicted molar refractivity (Wildman–Crippen MR) is 119 cm³/mol. The molecule has 1 atom stereocenters. The number of benzene rings is 1. The number of nitrogens with zero attached hydrogens (tertiary/aromatic N) is 3. The van der Waals surface area contributed by atoms with Gasteiger partial charge in [-0.05, 0) is 36.8 Å². The zero-order chi connectivity index (χ0) is 22.7. The number of carbonyl (C=O) groups is 1. The molecule has 0 spiro atoms. The second-order valence-corrected chi connectivity index (χ2v) is 9.49. The summed E-state index contributed by atoms with van der Waals surface area (Å²) in [7, 11) is -2.09. The molecule has 9 nitrogen and oxygen atoms in total. The minimum Gasteiger partial charge on any atom is -0.497 e. The van der Waals surface area contributed by atoms with Crippen molar-refractivity contribution in [1.29, 1.82) is 0 Å². The molecule has 1 saturated heterocycles. The van der Waals surface area contributed by atoms with E-state index in [9.17, 15) is 13.2 Å².